The third-order valence-electron chi connectivity index (χ3n) is 6.71. The highest BCUT2D eigenvalue weighted by Gasteiger charge is 2.33. The van der Waals surface area contributed by atoms with Crippen LogP contribution in [0.25, 0.3) is 32.7 Å². The maximum absolute atomic E-state index is 13.3. The Hall–Kier alpha value is -4.09. The van der Waals surface area contributed by atoms with Gasteiger partial charge in [0.15, 0.2) is 17.2 Å². The molecule has 4 nitrogen and oxygen atoms in total. The van der Waals surface area contributed by atoms with E-state index in [1.807, 2.05) is 37.3 Å². The number of nitrogens with zero attached hydrogens (tertiary/aromatic N) is 2. The first kappa shape index (κ1) is 22.4. The van der Waals surface area contributed by atoms with Crippen molar-refractivity contribution in [1.29, 1.82) is 0 Å². The minimum Gasteiger partial charge on any atom is -0.293 e. The molecule has 0 bridgehead atoms. The summed E-state index contributed by atoms with van der Waals surface area (Å²) in [6.07, 6.45) is 1.75. The van der Waals surface area contributed by atoms with E-state index < -0.39 is 0 Å². The first-order chi connectivity index (χ1) is 17.3. The van der Waals surface area contributed by atoms with Crippen LogP contribution in [-0.2, 0) is 0 Å². The lowest BCUT2D eigenvalue weighted by Crippen LogP contribution is -2.06. The molecule has 0 aliphatic heterocycles. The van der Waals surface area contributed by atoms with Gasteiger partial charge in [-0.2, -0.15) is 0 Å². The first-order valence-electron chi connectivity index (χ1n) is 11.9. The predicted molar refractivity (Wildman–Crippen MR) is 146 cm³/mol. The number of rotatable bonds is 3. The SMILES string of the molecule is Cc1cc(C)c(-n2c(/C=C3/C(=O)c4ccc(C)cc4C3=O)cc3sc(-c4ccccc4)nc32)c(C)c1. The van der Waals surface area contributed by atoms with Crippen LogP contribution in [0.4, 0.5) is 0 Å². The van der Waals surface area contributed by atoms with E-state index in [0.717, 1.165) is 49.0 Å². The standard InChI is InChI=1S/C31H24N2O2S/c1-17-10-11-23-24(14-17)29(35)25(28(23)34)15-22-16-26-30(32-31(36-26)21-8-6-5-7-9-21)33(22)27-19(3)12-18(2)13-20(27)4/h5-16H,1-4H3/b25-15-. The van der Waals surface area contributed by atoms with Gasteiger partial charge in [-0.3, -0.25) is 14.2 Å². The molecule has 0 amide bonds. The van der Waals surface area contributed by atoms with Gasteiger partial charge in [0.05, 0.1) is 21.7 Å². The molecule has 5 heteroatoms. The summed E-state index contributed by atoms with van der Waals surface area (Å²) in [5, 5.41) is 0.937. The van der Waals surface area contributed by atoms with Gasteiger partial charge in [0.2, 0.25) is 0 Å². The highest BCUT2D eigenvalue weighted by molar-refractivity contribution is 7.21. The van der Waals surface area contributed by atoms with Crippen molar-refractivity contribution < 1.29 is 9.59 Å². The van der Waals surface area contributed by atoms with Gasteiger partial charge in [0, 0.05) is 16.7 Å². The molecule has 2 aromatic heterocycles. The quantitative estimate of drug-likeness (QED) is 0.196. The lowest BCUT2D eigenvalue weighted by Gasteiger charge is -2.15. The van der Waals surface area contributed by atoms with Crippen molar-refractivity contribution in [2.75, 3.05) is 0 Å². The zero-order chi connectivity index (χ0) is 25.1. The monoisotopic (exact) mass is 488 g/mol. The fourth-order valence-electron chi connectivity index (χ4n) is 5.19. The lowest BCUT2D eigenvalue weighted by atomic mass is 10.0. The summed E-state index contributed by atoms with van der Waals surface area (Å²) in [6, 6.07) is 21.9. The summed E-state index contributed by atoms with van der Waals surface area (Å²) in [4.78, 5) is 31.5. The maximum atomic E-state index is 13.3. The minimum atomic E-state index is -0.221. The van der Waals surface area contributed by atoms with Crippen molar-refractivity contribution in [2.24, 2.45) is 0 Å². The topological polar surface area (TPSA) is 52.0 Å². The zero-order valence-electron chi connectivity index (χ0n) is 20.5. The van der Waals surface area contributed by atoms with Crippen LogP contribution >= 0.6 is 11.3 Å². The molecular weight excluding hydrogens is 464 g/mol. The molecule has 0 spiro atoms. The normalized spacial score (nSPS) is 14.3. The van der Waals surface area contributed by atoms with Crippen molar-refractivity contribution in [1.82, 2.24) is 9.55 Å². The van der Waals surface area contributed by atoms with Crippen LogP contribution in [0.1, 0.15) is 48.7 Å². The van der Waals surface area contributed by atoms with Gasteiger partial charge in [-0.05, 0) is 57.0 Å². The van der Waals surface area contributed by atoms with E-state index >= 15 is 0 Å². The van der Waals surface area contributed by atoms with Crippen LogP contribution in [0.2, 0.25) is 0 Å². The van der Waals surface area contributed by atoms with Crippen molar-refractivity contribution in [3.05, 3.63) is 111 Å². The highest BCUT2D eigenvalue weighted by atomic mass is 32.1. The first-order valence-corrected chi connectivity index (χ1v) is 12.7. The second-order valence-corrected chi connectivity index (χ2v) is 10.5. The summed E-state index contributed by atoms with van der Waals surface area (Å²) in [6.45, 7) is 8.20. The molecule has 1 aliphatic rings. The molecular formula is C31H24N2O2S. The molecule has 6 rings (SSSR count). The van der Waals surface area contributed by atoms with Crippen LogP contribution in [0.5, 0.6) is 0 Å². The number of aryl methyl sites for hydroxylation is 4. The van der Waals surface area contributed by atoms with Gasteiger partial charge < -0.3 is 0 Å². The molecule has 0 saturated carbocycles. The molecule has 0 atom stereocenters. The van der Waals surface area contributed by atoms with E-state index in [0.29, 0.717) is 11.1 Å². The van der Waals surface area contributed by atoms with Crippen LogP contribution in [0.15, 0.2) is 72.3 Å². The molecule has 0 unspecified atom stereocenters. The zero-order valence-corrected chi connectivity index (χ0v) is 21.4. The van der Waals surface area contributed by atoms with Gasteiger partial charge in [-0.25, -0.2) is 4.98 Å². The molecule has 176 valence electrons. The number of hydrogen-bond donors (Lipinski definition) is 0. The summed E-state index contributed by atoms with van der Waals surface area (Å²) in [5.41, 5.74) is 9.23. The summed E-state index contributed by atoms with van der Waals surface area (Å²) in [5.74, 6) is -0.438. The third kappa shape index (κ3) is 3.47. The minimum absolute atomic E-state index is 0.202. The van der Waals surface area contributed by atoms with Crippen molar-refractivity contribution in [2.45, 2.75) is 27.7 Å². The Morgan fingerprint density at radius 3 is 2.19 bits per heavy atom. The maximum Gasteiger partial charge on any atom is 0.197 e. The second-order valence-electron chi connectivity index (χ2n) is 9.49. The Morgan fingerprint density at radius 2 is 1.47 bits per heavy atom. The van der Waals surface area contributed by atoms with E-state index in [-0.39, 0.29) is 17.1 Å². The van der Waals surface area contributed by atoms with Crippen molar-refractivity contribution in [3.8, 4) is 16.3 Å². The van der Waals surface area contributed by atoms with E-state index in [1.54, 1.807) is 29.5 Å². The number of hydrogen-bond acceptors (Lipinski definition) is 4. The number of Topliss-reactive ketones (excluding diaryl/α,β-unsaturated/α-hetero) is 2. The number of carbonyl (C=O) groups is 2. The van der Waals surface area contributed by atoms with E-state index in [4.69, 9.17) is 4.98 Å². The van der Waals surface area contributed by atoms with Crippen LogP contribution in [0.3, 0.4) is 0 Å². The number of fused-ring (bicyclic) bond motifs is 2. The summed E-state index contributed by atoms with van der Waals surface area (Å²) in [7, 11) is 0. The fraction of sp³-hybridized carbons (Fsp3) is 0.129. The largest absolute Gasteiger partial charge is 0.293 e. The van der Waals surface area contributed by atoms with Crippen LogP contribution in [0, 0.1) is 27.7 Å². The molecule has 5 aromatic rings. The molecule has 0 N–H and O–H groups in total. The van der Waals surface area contributed by atoms with Gasteiger partial charge in [-0.1, -0.05) is 65.7 Å². The Labute approximate surface area is 213 Å². The molecule has 1 aliphatic carbocycles. The molecule has 0 fully saturated rings. The Balaban J connectivity index is 1.59. The van der Waals surface area contributed by atoms with Crippen molar-refractivity contribution in [3.63, 3.8) is 0 Å². The number of carbonyl (C=O) groups excluding carboxylic acids is 2. The lowest BCUT2D eigenvalue weighted by molar-refractivity contribution is 0.0990. The number of ketones is 2. The Morgan fingerprint density at radius 1 is 0.778 bits per heavy atom. The number of benzene rings is 3. The summed E-state index contributed by atoms with van der Waals surface area (Å²) < 4.78 is 3.11. The van der Waals surface area contributed by atoms with Gasteiger partial charge in [-0.15, -0.1) is 11.3 Å². The highest BCUT2D eigenvalue weighted by Crippen LogP contribution is 2.37. The van der Waals surface area contributed by atoms with Gasteiger partial charge in [0.1, 0.15) is 5.01 Å². The smallest absolute Gasteiger partial charge is 0.197 e. The number of allylic oxidation sites excluding steroid dienone is 1. The van der Waals surface area contributed by atoms with Crippen LogP contribution < -0.4 is 0 Å². The molecule has 3 aromatic carbocycles. The Bertz CT molecular complexity index is 1730. The molecule has 36 heavy (non-hydrogen) atoms. The van der Waals surface area contributed by atoms with Crippen LogP contribution in [-0.4, -0.2) is 21.1 Å². The van der Waals surface area contributed by atoms with E-state index in [2.05, 4.69) is 49.6 Å². The molecule has 2 heterocycles. The number of aromatic nitrogens is 2. The fourth-order valence-corrected chi connectivity index (χ4v) is 6.19. The average Bonchev–Trinajstić information content (AvgIpc) is 3.46. The average molecular weight is 489 g/mol. The van der Waals surface area contributed by atoms with E-state index in [1.165, 1.54) is 5.56 Å². The second kappa shape index (κ2) is 8.25. The predicted octanol–water partition coefficient (Wildman–Crippen LogP) is 7.45. The Kier molecular flexibility index (Phi) is 5.13. The van der Waals surface area contributed by atoms with Gasteiger partial charge in [0.25, 0.3) is 0 Å². The third-order valence-corrected chi connectivity index (χ3v) is 7.75. The van der Waals surface area contributed by atoms with E-state index in [9.17, 15) is 9.59 Å². The number of thiazole rings is 1. The summed E-state index contributed by atoms with van der Waals surface area (Å²) >= 11 is 1.61. The van der Waals surface area contributed by atoms with Gasteiger partial charge >= 0.3 is 0 Å². The van der Waals surface area contributed by atoms with Crippen molar-refractivity contribution >= 4 is 39.3 Å². The molecule has 0 saturated heterocycles. The molecule has 0 radical (unpaired) electrons.